The average molecular weight is 383 g/mol. The van der Waals surface area contributed by atoms with E-state index in [0.717, 1.165) is 18.5 Å². The molecule has 1 aliphatic rings. The molecule has 6 nitrogen and oxygen atoms in total. The summed E-state index contributed by atoms with van der Waals surface area (Å²) in [5.41, 5.74) is 0.870. The number of benzene rings is 1. The first kappa shape index (κ1) is 18.3. The number of nitrogens with zero attached hydrogens (tertiary/aromatic N) is 2. The Morgan fingerprint density at radius 2 is 2.00 bits per heavy atom. The maximum Gasteiger partial charge on any atom is 0.292 e. The number of aromatic nitrogens is 2. The quantitative estimate of drug-likeness (QED) is 0.659. The number of rotatable bonds is 6. The number of amides is 1. The van der Waals surface area contributed by atoms with Gasteiger partial charge in [0.25, 0.3) is 5.91 Å². The number of halogens is 1. The van der Waals surface area contributed by atoms with Crippen LogP contribution in [0.2, 0.25) is 0 Å². The standard InChI is InChI=1S/C21H22FN3O3/c1-14-12-20(25(24-14)16-4-2-3-5-16)23-21(26)19-11-10-18(28-19)13-27-17-8-6-15(22)7-9-17/h6-12,16H,2-5,13H2,1H3,(H,23,26). The molecule has 1 aliphatic carbocycles. The van der Waals surface area contributed by atoms with Gasteiger partial charge in [-0.05, 0) is 56.2 Å². The van der Waals surface area contributed by atoms with Crippen LogP contribution in [0.4, 0.5) is 10.2 Å². The van der Waals surface area contributed by atoms with Crippen molar-refractivity contribution in [3.8, 4) is 5.75 Å². The molecule has 7 heteroatoms. The maximum absolute atomic E-state index is 12.9. The number of carbonyl (C=O) groups is 1. The van der Waals surface area contributed by atoms with E-state index < -0.39 is 0 Å². The Hall–Kier alpha value is -3.09. The minimum atomic E-state index is -0.327. The number of aryl methyl sites for hydroxylation is 1. The van der Waals surface area contributed by atoms with Crippen LogP contribution in [0.1, 0.15) is 53.7 Å². The van der Waals surface area contributed by atoms with Crippen molar-refractivity contribution in [3.63, 3.8) is 0 Å². The van der Waals surface area contributed by atoms with Crippen LogP contribution >= 0.6 is 0 Å². The Morgan fingerprint density at radius 3 is 2.75 bits per heavy atom. The summed E-state index contributed by atoms with van der Waals surface area (Å²) in [6.45, 7) is 2.07. The van der Waals surface area contributed by atoms with Gasteiger partial charge in [0.15, 0.2) is 5.76 Å². The first-order valence-corrected chi connectivity index (χ1v) is 9.43. The van der Waals surface area contributed by atoms with Crippen LogP contribution in [0.15, 0.2) is 46.9 Å². The molecular formula is C21H22FN3O3. The van der Waals surface area contributed by atoms with E-state index in [2.05, 4.69) is 10.4 Å². The normalized spacial score (nSPS) is 14.4. The summed E-state index contributed by atoms with van der Waals surface area (Å²) in [5.74, 6) is 1.28. The molecule has 0 spiro atoms. The number of hydrogen-bond donors (Lipinski definition) is 1. The highest BCUT2D eigenvalue weighted by Gasteiger charge is 2.22. The molecule has 0 radical (unpaired) electrons. The van der Waals surface area contributed by atoms with Gasteiger partial charge in [-0.1, -0.05) is 12.8 Å². The highest BCUT2D eigenvalue weighted by atomic mass is 19.1. The summed E-state index contributed by atoms with van der Waals surface area (Å²) < 4.78 is 26.0. The number of hydrogen-bond acceptors (Lipinski definition) is 4. The van der Waals surface area contributed by atoms with Crippen molar-refractivity contribution in [1.29, 1.82) is 0 Å². The zero-order valence-electron chi connectivity index (χ0n) is 15.7. The predicted molar refractivity (Wildman–Crippen MR) is 102 cm³/mol. The van der Waals surface area contributed by atoms with Gasteiger partial charge < -0.3 is 14.5 Å². The van der Waals surface area contributed by atoms with Crippen LogP contribution in [0.25, 0.3) is 0 Å². The van der Waals surface area contributed by atoms with Gasteiger partial charge in [0, 0.05) is 6.07 Å². The second-order valence-electron chi connectivity index (χ2n) is 7.02. The van der Waals surface area contributed by atoms with Crippen molar-refractivity contribution >= 4 is 11.7 Å². The predicted octanol–water partition coefficient (Wildman–Crippen LogP) is 4.87. The first-order chi connectivity index (χ1) is 13.6. The highest BCUT2D eigenvalue weighted by Crippen LogP contribution is 2.32. The molecule has 28 heavy (non-hydrogen) atoms. The van der Waals surface area contributed by atoms with Crippen LogP contribution in [0.5, 0.6) is 5.75 Å². The van der Waals surface area contributed by atoms with E-state index in [1.54, 1.807) is 24.3 Å². The maximum atomic E-state index is 12.9. The molecule has 0 aliphatic heterocycles. The van der Waals surface area contributed by atoms with Crippen LogP contribution in [-0.4, -0.2) is 15.7 Å². The molecule has 2 heterocycles. The van der Waals surface area contributed by atoms with Gasteiger partial charge in [0.05, 0.1) is 11.7 Å². The fourth-order valence-corrected chi connectivity index (χ4v) is 3.48. The number of carbonyl (C=O) groups excluding carboxylic acids is 1. The van der Waals surface area contributed by atoms with Gasteiger partial charge in [0.1, 0.15) is 29.8 Å². The van der Waals surface area contributed by atoms with Crippen LogP contribution in [0.3, 0.4) is 0 Å². The van der Waals surface area contributed by atoms with Gasteiger partial charge in [0.2, 0.25) is 0 Å². The van der Waals surface area contributed by atoms with Crippen LogP contribution in [0, 0.1) is 12.7 Å². The van der Waals surface area contributed by atoms with Crippen LogP contribution in [-0.2, 0) is 6.61 Å². The van der Waals surface area contributed by atoms with Crippen molar-refractivity contribution in [2.24, 2.45) is 0 Å². The van der Waals surface area contributed by atoms with E-state index >= 15 is 0 Å². The molecule has 0 unspecified atom stereocenters. The average Bonchev–Trinajstić information content (AvgIpc) is 3.42. The highest BCUT2D eigenvalue weighted by molar-refractivity contribution is 6.01. The molecule has 1 N–H and O–H groups in total. The molecular weight excluding hydrogens is 361 g/mol. The van der Waals surface area contributed by atoms with Crippen molar-refractivity contribution < 1.29 is 18.3 Å². The lowest BCUT2D eigenvalue weighted by molar-refractivity contribution is 0.0991. The van der Waals surface area contributed by atoms with Gasteiger partial charge in [-0.25, -0.2) is 9.07 Å². The fraction of sp³-hybridized carbons (Fsp3) is 0.333. The van der Waals surface area contributed by atoms with E-state index in [1.165, 1.54) is 25.0 Å². The monoisotopic (exact) mass is 383 g/mol. The molecule has 0 saturated heterocycles. The Kier molecular flexibility index (Phi) is 5.14. The van der Waals surface area contributed by atoms with Crippen LogP contribution < -0.4 is 10.1 Å². The topological polar surface area (TPSA) is 69.3 Å². The molecule has 3 aromatic rings. The van der Waals surface area contributed by atoms with E-state index in [9.17, 15) is 9.18 Å². The largest absolute Gasteiger partial charge is 0.486 e. The molecule has 1 fully saturated rings. The molecule has 4 rings (SSSR count). The summed E-state index contributed by atoms with van der Waals surface area (Å²) in [6.07, 6.45) is 4.53. The SMILES string of the molecule is Cc1cc(NC(=O)c2ccc(COc3ccc(F)cc3)o2)n(C2CCCC2)n1. The third kappa shape index (κ3) is 4.08. The summed E-state index contributed by atoms with van der Waals surface area (Å²) in [6, 6.07) is 11.2. The van der Waals surface area contributed by atoms with Gasteiger partial charge in [-0.15, -0.1) is 0 Å². The van der Waals surface area contributed by atoms with E-state index in [4.69, 9.17) is 9.15 Å². The van der Waals surface area contributed by atoms with Crippen molar-refractivity contribution in [3.05, 3.63) is 65.5 Å². The van der Waals surface area contributed by atoms with Gasteiger partial charge in [-0.2, -0.15) is 5.10 Å². The van der Waals surface area contributed by atoms with E-state index in [0.29, 0.717) is 23.4 Å². The zero-order chi connectivity index (χ0) is 19.5. The minimum absolute atomic E-state index is 0.151. The first-order valence-electron chi connectivity index (χ1n) is 9.43. The molecule has 146 valence electrons. The second kappa shape index (κ2) is 7.88. The van der Waals surface area contributed by atoms with Gasteiger partial charge in [-0.3, -0.25) is 4.79 Å². The van der Waals surface area contributed by atoms with E-state index in [1.807, 2.05) is 17.7 Å². The summed E-state index contributed by atoms with van der Waals surface area (Å²) in [5, 5.41) is 7.44. The van der Waals surface area contributed by atoms with Crippen molar-refractivity contribution in [1.82, 2.24) is 9.78 Å². The fourth-order valence-electron chi connectivity index (χ4n) is 3.48. The number of nitrogens with one attached hydrogen (secondary N) is 1. The molecule has 2 aromatic heterocycles. The zero-order valence-corrected chi connectivity index (χ0v) is 15.7. The lowest BCUT2D eigenvalue weighted by atomic mass is 10.2. The third-order valence-corrected chi connectivity index (χ3v) is 4.85. The molecule has 0 bridgehead atoms. The Labute approximate surface area is 162 Å². The summed E-state index contributed by atoms with van der Waals surface area (Å²) in [7, 11) is 0. The lowest BCUT2D eigenvalue weighted by Crippen LogP contribution is -2.17. The Bertz CT molecular complexity index is 956. The lowest BCUT2D eigenvalue weighted by Gasteiger charge is -2.14. The Balaban J connectivity index is 1.40. The number of ether oxygens (including phenoxy) is 1. The molecule has 1 aromatic carbocycles. The van der Waals surface area contributed by atoms with Gasteiger partial charge >= 0.3 is 0 Å². The number of furan rings is 1. The van der Waals surface area contributed by atoms with Crippen molar-refractivity contribution in [2.75, 3.05) is 5.32 Å². The smallest absolute Gasteiger partial charge is 0.292 e. The second-order valence-corrected chi connectivity index (χ2v) is 7.02. The molecule has 1 saturated carbocycles. The third-order valence-electron chi connectivity index (χ3n) is 4.85. The Morgan fingerprint density at radius 1 is 1.25 bits per heavy atom. The van der Waals surface area contributed by atoms with Crippen molar-refractivity contribution in [2.45, 2.75) is 45.3 Å². The summed E-state index contributed by atoms with van der Waals surface area (Å²) in [4.78, 5) is 12.6. The summed E-state index contributed by atoms with van der Waals surface area (Å²) >= 11 is 0. The molecule has 1 amide bonds. The minimum Gasteiger partial charge on any atom is -0.486 e. The van der Waals surface area contributed by atoms with E-state index in [-0.39, 0.29) is 24.1 Å². The number of anilines is 1. The molecule has 0 atom stereocenters.